The molecule has 4 aromatic rings. The van der Waals surface area contributed by atoms with Gasteiger partial charge in [-0.15, -0.1) is 0 Å². The zero-order valence-electron chi connectivity index (χ0n) is 34.9. The van der Waals surface area contributed by atoms with E-state index in [-0.39, 0.29) is 17.5 Å². The Morgan fingerprint density at radius 1 is 0.721 bits per heavy atom. The van der Waals surface area contributed by atoms with Gasteiger partial charge >= 0.3 is 364 Å². The van der Waals surface area contributed by atoms with Crippen molar-refractivity contribution in [3.05, 3.63) is 125 Å². The second-order valence-electron chi connectivity index (χ2n) is 15.4. The van der Waals surface area contributed by atoms with Gasteiger partial charge in [-0.3, -0.25) is 0 Å². The second kappa shape index (κ2) is 20.7. The molecule has 3 heterocycles. The summed E-state index contributed by atoms with van der Waals surface area (Å²) in [5, 5.41) is 0.982. The van der Waals surface area contributed by atoms with E-state index >= 15 is 0 Å². The van der Waals surface area contributed by atoms with Crippen LogP contribution in [0.2, 0.25) is 15.5 Å². The third-order valence-electron chi connectivity index (χ3n) is 10.8. The molecule has 0 saturated carbocycles. The number of hydrogen-bond acceptors (Lipinski definition) is 14. The number of ether oxygens (including phenoxy) is 10. The molecule has 3 aliphatic heterocycles. The van der Waals surface area contributed by atoms with Gasteiger partial charge in [0.25, 0.3) is 0 Å². The first-order valence-corrected chi connectivity index (χ1v) is 24.8. The summed E-state index contributed by atoms with van der Waals surface area (Å²) in [7, 11) is -0.357. The molecule has 7 rings (SSSR count). The summed E-state index contributed by atoms with van der Waals surface area (Å²) >= 11 is -1.99. The predicted octanol–water partition coefficient (Wildman–Crippen LogP) is 6.76. The van der Waals surface area contributed by atoms with Gasteiger partial charge in [0.1, 0.15) is 0 Å². The molecule has 0 amide bonds. The summed E-state index contributed by atoms with van der Waals surface area (Å²) in [5.41, 5.74) is 3.59. The third kappa shape index (κ3) is 12.3. The summed E-state index contributed by atoms with van der Waals surface area (Å²) in [6, 6.07) is 32.5. The van der Waals surface area contributed by atoms with E-state index in [2.05, 4.69) is 0 Å². The molecule has 0 N–H and O–H groups in total. The Balaban J connectivity index is 1.21. The minimum absolute atomic E-state index is 0.0920. The van der Waals surface area contributed by atoms with E-state index in [4.69, 9.17) is 51.6 Å². The van der Waals surface area contributed by atoms with Crippen LogP contribution in [0.25, 0.3) is 0 Å². The van der Waals surface area contributed by atoms with Crippen molar-refractivity contribution in [3.8, 4) is 17.2 Å². The Hall–Kier alpha value is -3.61. The van der Waals surface area contributed by atoms with Crippen LogP contribution >= 0.6 is 0 Å². The van der Waals surface area contributed by atoms with Crippen LogP contribution in [0.3, 0.4) is 0 Å². The Morgan fingerprint density at radius 3 is 1.80 bits per heavy atom. The van der Waals surface area contributed by atoms with E-state index in [9.17, 15) is 13.0 Å². The Labute approximate surface area is 362 Å². The van der Waals surface area contributed by atoms with Gasteiger partial charge < -0.3 is 0 Å². The summed E-state index contributed by atoms with van der Waals surface area (Å²) in [6.45, 7) is 4.89. The summed E-state index contributed by atoms with van der Waals surface area (Å²) < 4.78 is 104. The van der Waals surface area contributed by atoms with E-state index in [1.807, 2.05) is 103 Å². The van der Waals surface area contributed by atoms with E-state index in [1.54, 1.807) is 35.2 Å². The van der Waals surface area contributed by atoms with Crippen molar-refractivity contribution >= 4 is 24.3 Å². The normalized spacial score (nSPS) is 27.5. The molecule has 3 fully saturated rings. The average molecular weight is 930 g/mol. The van der Waals surface area contributed by atoms with Crippen molar-refractivity contribution in [2.24, 2.45) is 0 Å². The molecule has 3 aliphatic rings. The van der Waals surface area contributed by atoms with Gasteiger partial charge in [0.15, 0.2) is 0 Å². The molecule has 2 unspecified atom stereocenters. The molecule has 330 valence electrons. The van der Waals surface area contributed by atoms with Crippen LogP contribution in [-0.2, 0) is 67.6 Å². The maximum atomic E-state index is 12.5. The van der Waals surface area contributed by atoms with Crippen molar-refractivity contribution in [1.82, 2.24) is 0 Å². The predicted molar refractivity (Wildman–Crippen MR) is 223 cm³/mol. The molecule has 0 spiro atoms. The second-order valence-corrected chi connectivity index (χ2v) is 21.4. The minimum atomic E-state index is -5.23. The van der Waals surface area contributed by atoms with Crippen molar-refractivity contribution < 1.29 is 64.5 Å². The van der Waals surface area contributed by atoms with Crippen LogP contribution in [0.15, 0.2) is 103 Å². The van der Waals surface area contributed by atoms with Gasteiger partial charge in [-0.25, -0.2) is 0 Å². The van der Waals surface area contributed by atoms with Crippen molar-refractivity contribution in [1.29, 1.82) is 0 Å². The molecule has 14 nitrogen and oxygen atoms in total. The molecule has 0 aliphatic carbocycles. The van der Waals surface area contributed by atoms with Crippen LogP contribution in [0.4, 0.5) is 0 Å². The first kappa shape index (κ1) is 45.4. The van der Waals surface area contributed by atoms with E-state index in [0.717, 1.165) is 33.9 Å². The monoisotopic (exact) mass is 930 g/mol. The molecule has 0 radical (unpaired) electrons. The molecule has 3 saturated heterocycles. The Morgan fingerprint density at radius 2 is 1.28 bits per heavy atom. The fourth-order valence-corrected chi connectivity index (χ4v) is 14.4. The SMILES string of the molecule is COc1ccc(COC[C@H]2[C@H](OCc3ccc(OC)cc3)[C@@H](OCc3ccc(OC)cc3)C[Se+]2C[C@@H]2OC(c3ccccc3)O[C@H]([C@H]3COC(C)(C)O3)[C@@H]2OS(=O)(=O)[O-])cc1. The number of hydrogen-bond donors (Lipinski definition) is 0. The van der Waals surface area contributed by atoms with Gasteiger partial charge in [0, 0.05) is 0 Å². The average Bonchev–Trinajstić information content (AvgIpc) is 3.80. The Kier molecular flexibility index (Phi) is 15.4. The number of benzene rings is 4. The summed E-state index contributed by atoms with van der Waals surface area (Å²) in [4.78, 5) is -0.160. The quantitative estimate of drug-likeness (QED) is 0.0552. The molecule has 4 aromatic carbocycles. The number of methoxy groups -OCH3 is 3. The molecule has 16 heteroatoms. The van der Waals surface area contributed by atoms with Gasteiger partial charge in [0.2, 0.25) is 0 Å². The van der Waals surface area contributed by atoms with Gasteiger partial charge in [-0.1, -0.05) is 0 Å². The zero-order chi connectivity index (χ0) is 43.0. The summed E-state index contributed by atoms with van der Waals surface area (Å²) in [5.74, 6) is 1.25. The third-order valence-corrected chi connectivity index (χ3v) is 17.1. The van der Waals surface area contributed by atoms with E-state index in [1.165, 1.54) is 0 Å². The molecule has 0 bridgehead atoms. The fraction of sp³-hybridized carbons (Fsp3) is 0.467. The van der Waals surface area contributed by atoms with Crippen LogP contribution in [0.5, 0.6) is 17.2 Å². The van der Waals surface area contributed by atoms with Crippen molar-refractivity contribution in [2.45, 2.75) is 97.8 Å². The molecular formula is C45H54O14SSe. The van der Waals surface area contributed by atoms with Crippen molar-refractivity contribution in [2.75, 3.05) is 34.5 Å². The summed E-state index contributed by atoms with van der Waals surface area (Å²) in [6.07, 6.45) is -5.74. The van der Waals surface area contributed by atoms with Gasteiger partial charge in [-0.2, -0.15) is 0 Å². The van der Waals surface area contributed by atoms with Crippen molar-refractivity contribution in [3.63, 3.8) is 0 Å². The van der Waals surface area contributed by atoms with Gasteiger partial charge in [0.05, 0.1) is 0 Å². The number of rotatable bonds is 19. The van der Waals surface area contributed by atoms with Gasteiger partial charge in [-0.05, 0) is 0 Å². The molecule has 61 heavy (non-hydrogen) atoms. The van der Waals surface area contributed by atoms with E-state index in [0.29, 0.717) is 42.6 Å². The van der Waals surface area contributed by atoms with Crippen LogP contribution in [-0.4, -0.2) is 104 Å². The molecular weight excluding hydrogens is 876 g/mol. The first-order chi connectivity index (χ1) is 29.4. The van der Waals surface area contributed by atoms with Crippen LogP contribution < -0.4 is 14.2 Å². The molecule has 9 atom stereocenters. The maximum absolute atomic E-state index is 12.5. The van der Waals surface area contributed by atoms with E-state index < -0.39 is 66.9 Å². The topological polar surface area (TPSA) is 159 Å². The van der Waals surface area contributed by atoms with Crippen LogP contribution in [0, 0.1) is 0 Å². The van der Waals surface area contributed by atoms with Crippen LogP contribution in [0.1, 0.15) is 42.4 Å². The standard InChI is InChI=1S/C45H54O14SSe/c1-45(2)55-26-37(58-45)42-43(59-60(46,47)48)39(56-44(57-42)33-9-7-6-8-10-33)29-61-28-38(53-24-31-13-19-35(50-4)20-14-31)41(54-25-32-15-21-36(51-5)22-16-32)40(61)27-52-23-30-11-17-34(49-3)18-12-30/h6-22,37-44H,23-29H2,1-5H3/t37-,38+,39+,40+,41-,42-,43-,44?,61?/m1/s1. The Bertz CT molecular complexity index is 2070. The molecule has 0 aromatic heterocycles. The zero-order valence-corrected chi connectivity index (χ0v) is 37.4. The fourth-order valence-electron chi connectivity index (χ4n) is 7.69. The first-order valence-electron chi connectivity index (χ1n) is 20.1.